The second-order valence-electron chi connectivity index (χ2n) is 6.79. The highest BCUT2D eigenvalue weighted by molar-refractivity contribution is 7.89. The number of sulfonamides is 1. The maximum absolute atomic E-state index is 13.2. The maximum atomic E-state index is 13.2. The predicted octanol–water partition coefficient (Wildman–Crippen LogP) is 0.922. The predicted molar refractivity (Wildman–Crippen MR) is 98.6 cm³/mol. The van der Waals surface area contributed by atoms with Gasteiger partial charge in [0.25, 0.3) is 5.91 Å². The Bertz CT molecular complexity index is 730. The highest BCUT2D eigenvalue weighted by Crippen LogP contribution is 2.26. The third-order valence-electron chi connectivity index (χ3n) is 5.02. The van der Waals surface area contributed by atoms with Crippen LogP contribution in [0.2, 0.25) is 0 Å². The topological polar surface area (TPSA) is 79.0 Å². The molecule has 0 aromatic heterocycles. The van der Waals surface area contributed by atoms with Crippen LogP contribution in [0.5, 0.6) is 0 Å². The highest BCUT2D eigenvalue weighted by atomic mass is 32.2. The van der Waals surface area contributed by atoms with Gasteiger partial charge in [0.1, 0.15) is 0 Å². The molecule has 144 valence electrons. The number of amides is 1. The molecule has 2 fully saturated rings. The van der Waals surface area contributed by atoms with Crippen molar-refractivity contribution in [2.75, 3.05) is 46.4 Å². The van der Waals surface area contributed by atoms with Crippen molar-refractivity contribution < 1.29 is 17.9 Å². The number of piperazine rings is 1. The van der Waals surface area contributed by atoms with Gasteiger partial charge in [-0.05, 0) is 31.0 Å². The number of piperidine rings is 1. The quantitative estimate of drug-likeness (QED) is 0.821. The second kappa shape index (κ2) is 8.47. The van der Waals surface area contributed by atoms with Gasteiger partial charge in [-0.25, -0.2) is 8.42 Å². The summed E-state index contributed by atoms with van der Waals surface area (Å²) in [7, 11) is -2.06. The summed E-state index contributed by atoms with van der Waals surface area (Å²) in [4.78, 5) is 14.6. The lowest BCUT2D eigenvalue weighted by molar-refractivity contribution is 0.0735. The summed E-state index contributed by atoms with van der Waals surface area (Å²) in [5.41, 5.74) is 0.424. The number of carbonyl (C=O) groups excluding carboxylic acids is 1. The van der Waals surface area contributed by atoms with Crippen molar-refractivity contribution in [3.63, 3.8) is 0 Å². The molecule has 2 heterocycles. The van der Waals surface area contributed by atoms with Crippen LogP contribution in [0, 0.1) is 0 Å². The first kappa shape index (κ1) is 19.3. The summed E-state index contributed by atoms with van der Waals surface area (Å²) < 4.78 is 33.1. The first-order chi connectivity index (χ1) is 12.5. The zero-order valence-corrected chi connectivity index (χ0v) is 16.0. The number of rotatable bonds is 5. The van der Waals surface area contributed by atoms with E-state index in [1.54, 1.807) is 30.2 Å². The average molecular weight is 381 g/mol. The molecule has 2 saturated heterocycles. The van der Waals surface area contributed by atoms with Crippen molar-refractivity contribution in [2.45, 2.75) is 30.2 Å². The molecule has 0 spiro atoms. The lowest BCUT2D eigenvalue weighted by Crippen LogP contribution is -2.46. The largest absolute Gasteiger partial charge is 0.383 e. The Labute approximate surface area is 155 Å². The third kappa shape index (κ3) is 4.09. The van der Waals surface area contributed by atoms with Gasteiger partial charge >= 0.3 is 0 Å². The van der Waals surface area contributed by atoms with Crippen LogP contribution in [0.15, 0.2) is 29.2 Å². The van der Waals surface area contributed by atoms with Gasteiger partial charge in [-0.3, -0.25) is 4.79 Å². The number of ether oxygens (including phenoxy) is 1. The van der Waals surface area contributed by atoms with E-state index < -0.39 is 10.0 Å². The van der Waals surface area contributed by atoms with Gasteiger partial charge < -0.3 is 15.0 Å². The summed E-state index contributed by atoms with van der Waals surface area (Å²) >= 11 is 0. The molecule has 0 saturated carbocycles. The Hall–Kier alpha value is -1.48. The van der Waals surface area contributed by atoms with Crippen LogP contribution >= 0.6 is 0 Å². The van der Waals surface area contributed by atoms with Crippen molar-refractivity contribution in [3.05, 3.63) is 29.8 Å². The molecule has 0 bridgehead atoms. The minimum Gasteiger partial charge on any atom is -0.383 e. The Morgan fingerprint density at radius 1 is 1.23 bits per heavy atom. The normalized spacial score (nSPS) is 22.3. The lowest BCUT2D eigenvalue weighted by atomic mass is 10.1. The van der Waals surface area contributed by atoms with Crippen molar-refractivity contribution >= 4 is 15.9 Å². The minimum atomic E-state index is -3.65. The van der Waals surface area contributed by atoms with Crippen molar-refractivity contribution in [1.82, 2.24) is 14.5 Å². The molecule has 1 N–H and O–H groups in total. The summed E-state index contributed by atoms with van der Waals surface area (Å²) in [5, 5.41) is 3.21. The Kier molecular flexibility index (Phi) is 6.29. The van der Waals surface area contributed by atoms with Crippen molar-refractivity contribution in [2.24, 2.45) is 0 Å². The smallest absolute Gasteiger partial charge is 0.253 e. The molecule has 1 aromatic carbocycles. The molecule has 1 atom stereocenters. The van der Waals surface area contributed by atoms with E-state index in [0.29, 0.717) is 31.8 Å². The van der Waals surface area contributed by atoms with Gasteiger partial charge in [0.05, 0.1) is 11.5 Å². The zero-order valence-electron chi connectivity index (χ0n) is 15.2. The van der Waals surface area contributed by atoms with E-state index >= 15 is 0 Å². The Morgan fingerprint density at radius 3 is 2.73 bits per heavy atom. The van der Waals surface area contributed by atoms with Crippen LogP contribution in [0.25, 0.3) is 0 Å². The summed E-state index contributed by atoms with van der Waals surface area (Å²) in [6, 6.07) is 6.27. The van der Waals surface area contributed by atoms with Crippen molar-refractivity contribution in [3.8, 4) is 0 Å². The third-order valence-corrected chi connectivity index (χ3v) is 6.97. The van der Waals surface area contributed by atoms with Gasteiger partial charge in [0, 0.05) is 51.4 Å². The van der Waals surface area contributed by atoms with Gasteiger partial charge in [-0.2, -0.15) is 4.31 Å². The van der Waals surface area contributed by atoms with E-state index in [1.165, 1.54) is 10.4 Å². The SMILES string of the molecule is COC[C@@H]1CCCCN1S(=O)(=O)c1cccc(C(=O)N2CCNCC2)c1. The van der Waals surface area contributed by atoms with E-state index in [0.717, 1.165) is 32.4 Å². The van der Waals surface area contributed by atoms with Gasteiger partial charge in [0.2, 0.25) is 10.0 Å². The van der Waals surface area contributed by atoms with E-state index in [4.69, 9.17) is 4.74 Å². The van der Waals surface area contributed by atoms with Gasteiger partial charge in [0.15, 0.2) is 0 Å². The molecular formula is C18H27N3O4S. The molecular weight excluding hydrogens is 354 g/mol. The fourth-order valence-corrected chi connectivity index (χ4v) is 5.35. The highest BCUT2D eigenvalue weighted by Gasteiger charge is 2.34. The molecule has 0 aliphatic carbocycles. The molecule has 2 aliphatic rings. The molecule has 3 rings (SSSR count). The van der Waals surface area contributed by atoms with Crippen LogP contribution in [0.1, 0.15) is 29.6 Å². The molecule has 8 heteroatoms. The lowest BCUT2D eigenvalue weighted by Gasteiger charge is -2.34. The summed E-state index contributed by atoms with van der Waals surface area (Å²) in [6.45, 7) is 3.67. The number of hydrogen-bond donors (Lipinski definition) is 1. The van der Waals surface area contributed by atoms with Crippen LogP contribution < -0.4 is 5.32 Å². The van der Waals surface area contributed by atoms with Crippen molar-refractivity contribution in [1.29, 1.82) is 0 Å². The monoisotopic (exact) mass is 381 g/mol. The minimum absolute atomic E-state index is 0.115. The number of nitrogens with one attached hydrogen (secondary N) is 1. The van der Waals surface area contributed by atoms with E-state index in [1.807, 2.05) is 0 Å². The van der Waals surface area contributed by atoms with Crippen LogP contribution in [0.4, 0.5) is 0 Å². The summed E-state index contributed by atoms with van der Waals surface area (Å²) in [6.07, 6.45) is 2.65. The van der Waals surface area contributed by atoms with Gasteiger partial charge in [-0.15, -0.1) is 0 Å². The Morgan fingerprint density at radius 2 is 2.00 bits per heavy atom. The first-order valence-corrected chi connectivity index (χ1v) is 10.6. The molecule has 1 aromatic rings. The summed E-state index contributed by atoms with van der Waals surface area (Å²) in [5.74, 6) is -0.115. The van der Waals surface area contributed by atoms with Crippen LogP contribution in [-0.4, -0.2) is 76.0 Å². The van der Waals surface area contributed by atoms with E-state index in [-0.39, 0.29) is 16.8 Å². The zero-order chi connectivity index (χ0) is 18.6. The number of methoxy groups -OCH3 is 1. The standard InChI is InChI=1S/C18H27N3O4S/c1-25-14-16-6-2-3-10-21(16)26(23,24)17-7-4-5-15(13-17)18(22)20-11-8-19-9-12-20/h4-5,7,13,16,19H,2-3,6,8-12,14H2,1H3/t16-/m0/s1. The molecule has 7 nitrogen and oxygen atoms in total. The van der Waals surface area contributed by atoms with E-state index in [2.05, 4.69) is 5.32 Å². The second-order valence-corrected chi connectivity index (χ2v) is 8.68. The van der Waals surface area contributed by atoms with Crippen LogP contribution in [-0.2, 0) is 14.8 Å². The molecule has 2 aliphatic heterocycles. The molecule has 1 amide bonds. The molecule has 0 unspecified atom stereocenters. The number of hydrogen-bond acceptors (Lipinski definition) is 5. The molecule has 26 heavy (non-hydrogen) atoms. The van der Waals surface area contributed by atoms with E-state index in [9.17, 15) is 13.2 Å². The first-order valence-electron chi connectivity index (χ1n) is 9.15. The maximum Gasteiger partial charge on any atom is 0.253 e. The number of nitrogens with zero attached hydrogens (tertiary/aromatic N) is 2. The molecule has 0 radical (unpaired) electrons. The fraction of sp³-hybridized carbons (Fsp3) is 0.611. The van der Waals surface area contributed by atoms with Gasteiger partial charge in [-0.1, -0.05) is 12.5 Å². The average Bonchev–Trinajstić information content (AvgIpc) is 2.69. The Balaban J connectivity index is 1.84. The fourth-order valence-electron chi connectivity index (χ4n) is 3.62. The number of benzene rings is 1. The number of carbonyl (C=O) groups is 1. The van der Waals surface area contributed by atoms with Crippen LogP contribution in [0.3, 0.4) is 0 Å².